The van der Waals surface area contributed by atoms with E-state index in [4.69, 9.17) is 4.74 Å². The van der Waals surface area contributed by atoms with E-state index in [1.165, 1.54) is 0 Å². The van der Waals surface area contributed by atoms with Gasteiger partial charge < -0.3 is 4.74 Å². The summed E-state index contributed by atoms with van der Waals surface area (Å²) < 4.78 is 5.57. The molecule has 0 aromatic heterocycles. The first-order valence-corrected chi connectivity index (χ1v) is 9.06. The summed E-state index contributed by atoms with van der Waals surface area (Å²) in [6.45, 7) is 1.63. The molecule has 0 radical (unpaired) electrons. The lowest BCUT2D eigenvalue weighted by molar-refractivity contribution is -0.133. The number of ether oxygens (including phenoxy) is 1. The van der Waals surface area contributed by atoms with Gasteiger partial charge in [0.05, 0.1) is 5.92 Å². The first-order valence-electron chi connectivity index (χ1n) is 9.06. The highest BCUT2D eigenvalue weighted by atomic mass is 16.5. The predicted molar refractivity (Wildman–Crippen MR) is 108 cm³/mol. The topological polar surface area (TPSA) is 67.4 Å². The van der Waals surface area contributed by atoms with Gasteiger partial charge in [0, 0.05) is 0 Å². The minimum Gasteiger partial charge on any atom is -0.481 e. The summed E-state index contributed by atoms with van der Waals surface area (Å²) in [6, 6.07) is 27.9. The molecule has 0 aliphatic carbocycles. The number of amides is 2. The number of hydrogen-bond acceptors (Lipinski definition) is 3. The van der Waals surface area contributed by atoms with Crippen LogP contribution in [0.4, 0.5) is 0 Å². The zero-order chi connectivity index (χ0) is 19.8. The summed E-state index contributed by atoms with van der Waals surface area (Å²) in [4.78, 5) is 25.2. The molecule has 0 saturated heterocycles. The molecular formula is C23H22N2O3. The molecule has 3 aromatic rings. The van der Waals surface area contributed by atoms with Crippen LogP contribution < -0.4 is 15.6 Å². The fourth-order valence-corrected chi connectivity index (χ4v) is 2.84. The smallest absolute Gasteiger partial charge is 0.279 e. The Morgan fingerprint density at radius 2 is 1.11 bits per heavy atom. The minimum atomic E-state index is -0.755. The van der Waals surface area contributed by atoms with Crippen molar-refractivity contribution in [2.45, 2.75) is 18.9 Å². The Balaban J connectivity index is 1.66. The number of hydrazine groups is 1. The highest BCUT2D eigenvalue weighted by molar-refractivity contribution is 5.90. The molecule has 0 aliphatic rings. The van der Waals surface area contributed by atoms with Gasteiger partial charge in [0.2, 0.25) is 5.91 Å². The largest absolute Gasteiger partial charge is 0.481 e. The summed E-state index contributed by atoms with van der Waals surface area (Å²) in [5.41, 5.74) is 6.67. The van der Waals surface area contributed by atoms with Crippen molar-refractivity contribution in [2.24, 2.45) is 0 Å². The SMILES string of the molecule is CC(Oc1ccccc1)C(=O)NNC(=O)C(c1ccccc1)c1ccccc1. The Hall–Kier alpha value is -3.60. The molecule has 28 heavy (non-hydrogen) atoms. The molecule has 1 atom stereocenters. The van der Waals surface area contributed by atoms with Crippen LogP contribution in [0, 0.1) is 0 Å². The molecule has 2 amide bonds. The molecule has 5 heteroatoms. The predicted octanol–water partition coefficient (Wildman–Crippen LogP) is 3.43. The Labute approximate surface area is 164 Å². The molecule has 3 aromatic carbocycles. The number of para-hydroxylation sites is 1. The number of rotatable bonds is 6. The third-order valence-corrected chi connectivity index (χ3v) is 4.26. The van der Waals surface area contributed by atoms with Crippen LogP contribution >= 0.6 is 0 Å². The van der Waals surface area contributed by atoms with E-state index in [2.05, 4.69) is 10.9 Å². The van der Waals surface area contributed by atoms with Crippen molar-refractivity contribution < 1.29 is 14.3 Å². The molecule has 0 bridgehead atoms. The van der Waals surface area contributed by atoms with Gasteiger partial charge in [0.15, 0.2) is 6.10 Å². The first kappa shape index (κ1) is 19.2. The maximum absolute atomic E-state index is 12.9. The average molecular weight is 374 g/mol. The van der Waals surface area contributed by atoms with Crippen LogP contribution in [-0.2, 0) is 9.59 Å². The Bertz CT molecular complexity index is 859. The molecule has 0 fully saturated rings. The van der Waals surface area contributed by atoms with Crippen LogP contribution in [0.25, 0.3) is 0 Å². The molecule has 2 N–H and O–H groups in total. The van der Waals surface area contributed by atoms with Crippen LogP contribution in [0.15, 0.2) is 91.0 Å². The molecule has 3 rings (SSSR count). The lowest BCUT2D eigenvalue weighted by Crippen LogP contribution is -2.48. The first-order chi connectivity index (χ1) is 13.6. The normalized spacial score (nSPS) is 11.5. The van der Waals surface area contributed by atoms with E-state index < -0.39 is 17.9 Å². The number of carbonyl (C=O) groups is 2. The lowest BCUT2D eigenvalue weighted by atomic mass is 9.91. The van der Waals surface area contributed by atoms with Crippen molar-refractivity contribution >= 4 is 11.8 Å². The summed E-state index contributed by atoms with van der Waals surface area (Å²) in [6.07, 6.45) is -0.755. The van der Waals surface area contributed by atoms with E-state index in [-0.39, 0.29) is 5.91 Å². The Morgan fingerprint density at radius 1 is 0.679 bits per heavy atom. The summed E-state index contributed by atoms with van der Waals surface area (Å²) in [5, 5.41) is 0. The van der Waals surface area contributed by atoms with Crippen molar-refractivity contribution in [3.05, 3.63) is 102 Å². The molecule has 1 unspecified atom stereocenters. The molecule has 0 saturated carbocycles. The van der Waals surface area contributed by atoms with Gasteiger partial charge >= 0.3 is 0 Å². The van der Waals surface area contributed by atoms with E-state index in [0.29, 0.717) is 5.75 Å². The van der Waals surface area contributed by atoms with E-state index in [9.17, 15) is 9.59 Å². The number of nitrogens with one attached hydrogen (secondary N) is 2. The lowest BCUT2D eigenvalue weighted by Gasteiger charge is -2.19. The van der Waals surface area contributed by atoms with Crippen molar-refractivity contribution in [3.63, 3.8) is 0 Å². The van der Waals surface area contributed by atoms with Crippen molar-refractivity contribution in [1.82, 2.24) is 10.9 Å². The second-order valence-corrected chi connectivity index (χ2v) is 6.31. The third kappa shape index (κ3) is 4.98. The number of benzene rings is 3. The van der Waals surface area contributed by atoms with E-state index >= 15 is 0 Å². The standard InChI is InChI=1S/C23H22N2O3/c1-17(28-20-15-9-4-10-16-20)22(26)24-25-23(27)21(18-11-5-2-6-12-18)19-13-7-3-8-14-19/h2-17,21H,1H3,(H,24,26)(H,25,27). The number of hydrogen-bond donors (Lipinski definition) is 2. The van der Waals surface area contributed by atoms with Gasteiger partial charge in [0.25, 0.3) is 5.91 Å². The van der Waals surface area contributed by atoms with E-state index in [1.807, 2.05) is 78.9 Å². The summed E-state index contributed by atoms with van der Waals surface area (Å²) in [5.74, 6) is -0.703. The maximum atomic E-state index is 12.9. The fraction of sp³-hybridized carbons (Fsp3) is 0.130. The Kier molecular flexibility index (Phi) is 6.41. The minimum absolute atomic E-state index is 0.322. The molecule has 5 nitrogen and oxygen atoms in total. The van der Waals surface area contributed by atoms with Crippen molar-refractivity contribution in [1.29, 1.82) is 0 Å². The molecule has 0 aliphatic heterocycles. The zero-order valence-electron chi connectivity index (χ0n) is 15.5. The van der Waals surface area contributed by atoms with Gasteiger partial charge in [-0.25, -0.2) is 0 Å². The van der Waals surface area contributed by atoms with E-state index in [1.54, 1.807) is 19.1 Å². The molecule has 0 heterocycles. The van der Waals surface area contributed by atoms with Gasteiger partial charge in [-0.1, -0.05) is 78.9 Å². The Morgan fingerprint density at radius 3 is 1.61 bits per heavy atom. The van der Waals surface area contributed by atoms with Crippen LogP contribution in [0.1, 0.15) is 24.0 Å². The molecular weight excluding hydrogens is 352 g/mol. The van der Waals surface area contributed by atoms with Crippen molar-refractivity contribution in [3.8, 4) is 5.75 Å². The van der Waals surface area contributed by atoms with Crippen molar-refractivity contribution in [2.75, 3.05) is 0 Å². The average Bonchev–Trinajstić information content (AvgIpc) is 2.74. The maximum Gasteiger partial charge on any atom is 0.279 e. The van der Waals surface area contributed by atoms with Gasteiger partial charge in [-0.05, 0) is 30.2 Å². The highest BCUT2D eigenvalue weighted by Gasteiger charge is 2.24. The molecule has 142 valence electrons. The van der Waals surface area contributed by atoms with E-state index in [0.717, 1.165) is 11.1 Å². The molecule has 0 spiro atoms. The van der Waals surface area contributed by atoms with Crippen LogP contribution in [-0.4, -0.2) is 17.9 Å². The zero-order valence-corrected chi connectivity index (χ0v) is 15.5. The quantitative estimate of drug-likeness (QED) is 0.650. The van der Waals surface area contributed by atoms with Crippen LogP contribution in [0.2, 0.25) is 0 Å². The number of carbonyl (C=O) groups excluding carboxylic acids is 2. The van der Waals surface area contributed by atoms with Gasteiger partial charge in [-0.15, -0.1) is 0 Å². The van der Waals surface area contributed by atoms with Crippen LogP contribution in [0.3, 0.4) is 0 Å². The second-order valence-electron chi connectivity index (χ2n) is 6.31. The second kappa shape index (κ2) is 9.37. The van der Waals surface area contributed by atoms with Gasteiger partial charge in [-0.3, -0.25) is 20.4 Å². The highest BCUT2D eigenvalue weighted by Crippen LogP contribution is 2.24. The summed E-state index contributed by atoms with van der Waals surface area (Å²) in [7, 11) is 0. The monoisotopic (exact) mass is 374 g/mol. The van der Waals surface area contributed by atoms with Gasteiger partial charge in [0.1, 0.15) is 5.75 Å². The van der Waals surface area contributed by atoms with Crippen LogP contribution in [0.5, 0.6) is 5.75 Å². The van der Waals surface area contributed by atoms with Gasteiger partial charge in [-0.2, -0.15) is 0 Å². The summed E-state index contributed by atoms with van der Waals surface area (Å²) >= 11 is 0. The third-order valence-electron chi connectivity index (χ3n) is 4.26. The fourth-order valence-electron chi connectivity index (χ4n) is 2.84.